The fourth-order valence-electron chi connectivity index (χ4n) is 1.81. The molecule has 0 bridgehead atoms. The number of pyridine rings is 1. The molecule has 0 N–H and O–H groups in total. The van der Waals surface area contributed by atoms with Gasteiger partial charge in [0.15, 0.2) is 5.16 Å². The number of hydrogen-bond acceptors (Lipinski definition) is 4. The van der Waals surface area contributed by atoms with Crippen molar-refractivity contribution in [3.8, 4) is 0 Å². The molecule has 0 spiro atoms. The summed E-state index contributed by atoms with van der Waals surface area (Å²) in [6, 6.07) is 6.12. The molecule has 0 saturated heterocycles. The van der Waals surface area contributed by atoms with Gasteiger partial charge in [-0.2, -0.15) is 0 Å². The second-order valence-electron chi connectivity index (χ2n) is 4.14. The van der Waals surface area contributed by atoms with Crippen LogP contribution in [-0.2, 0) is 12.8 Å². The van der Waals surface area contributed by atoms with Crippen LogP contribution in [0.4, 0.5) is 0 Å². The van der Waals surface area contributed by atoms with E-state index in [2.05, 4.69) is 38.8 Å². The van der Waals surface area contributed by atoms with Crippen LogP contribution < -0.4 is 0 Å². The van der Waals surface area contributed by atoms with Crippen molar-refractivity contribution in [2.75, 3.05) is 0 Å². The van der Waals surface area contributed by atoms with Crippen molar-refractivity contribution in [3.63, 3.8) is 0 Å². The average molecular weight is 259 g/mol. The van der Waals surface area contributed by atoms with Crippen molar-refractivity contribution in [2.45, 2.75) is 17.8 Å². The van der Waals surface area contributed by atoms with E-state index in [1.807, 2.05) is 23.7 Å². The molecule has 3 rings (SSSR count). The third-order valence-corrected chi connectivity index (χ3v) is 3.83. The highest BCUT2D eigenvalue weighted by Crippen LogP contribution is 2.20. The molecule has 0 aliphatic rings. The molecule has 0 saturated carbocycles. The summed E-state index contributed by atoms with van der Waals surface area (Å²) in [4.78, 5) is 4.59. The van der Waals surface area contributed by atoms with E-state index in [1.165, 1.54) is 5.69 Å². The predicted octanol–water partition coefficient (Wildman–Crippen LogP) is 2.06. The quantitative estimate of drug-likeness (QED) is 0.676. The lowest BCUT2D eigenvalue weighted by Crippen LogP contribution is -1.89. The van der Waals surface area contributed by atoms with Crippen molar-refractivity contribution < 1.29 is 0 Å². The van der Waals surface area contributed by atoms with Gasteiger partial charge < -0.3 is 8.97 Å². The van der Waals surface area contributed by atoms with Crippen LogP contribution in [0.3, 0.4) is 0 Å². The van der Waals surface area contributed by atoms with E-state index in [1.54, 1.807) is 18.1 Å². The van der Waals surface area contributed by atoms with Gasteiger partial charge >= 0.3 is 0 Å². The molecule has 3 aromatic heterocycles. The summed E-state index contributed by atoms with van der Waals surface area (Å²) in [6.45, 7) is 2.08. The monoisotopic (exact) mass is 259 g/mol. The van der Waals surface area contributed by atoms with Gasteiger partial charge in [0.2, 0.25) is 0 Å². The highest BCUT2D eigenvalue weighted by molar-refractivity contribution is 7.98. The average Bonchev–Trinajstić information content (AvgIpc) is 2.93. The first kappa shape index (κ1) is 11.3. The van der Waals surface area contributed by atoms with Crippen molar-refractivity contribution >= 4 is 17.4 Å². The van der Waals surface area contributed by atoms with Crippen LogP contribution >= 0.6 is 11.8 Å². The Morgan fingerprint density at radius 3 is 2.94 bits per heavy atom. The Balaban J connectivity index is 1.83. The van der Waals surface area contributed by atoms with E-state index in [9.17, 15) is 0 Å². The number of aryl methyl sites for hydroxylation is 2. The van der Waals surface area contributed by atoms with E-state index in [0.29, 0.717) is 0 Å². The minimum atomic E-state index is 0.799. The Bertz CT molecular complexity index is 685. The SMILES string of the molecule is Cc1cccc2nc(CSc3nncn3C)cn12. The molecule has 0 fully saturated rings. The summed E-state index contributed by atoms with van der Waals surface area (Å²) in [5.41, 5.74) is 3.23. The zero-order chi connectivity index (χ0) is 12.5. The molecule has 3 heterocycles. The molecule has 0 amide bonds. The first-order valence-electron chi connectivity index (χ1n) is 5.64. The normalized spacial score (nSPS) is 11.2. The third kappa shape index (κ3) is 1.99. The Hall–Kier alpha value is -1.82. The van der Waals surface area contributed by atoms with Gasteiger partial charge in [0.05, 0.1) is 5.69 Å². The molecule has 0 aromatic carbocycles. The number of hydrogen-bond donors (Lipinski definition) is 0. The number of imidazole rings is 1. The smallest absolute Gasteiger partial charge is 0.191 e. The molecule has 0 atom stereocenters. The number of aromatic nitrogens is 5. The van der Waals surface area contributed by atoms with Crippen LogP contribution in [-0.4, -0.2) is 24.1 Å². The van der Waals surface area contributed by atoms with E-state index in [4.69, 9.17) is 0 Å². The molecule has 3 aromatic rings. The van der Waals surface area contributed by atoms with Gasteiger partial charge in [-0.05, 0) is 19.1 Å². The van der Waals surface area contributed by atoms with Gasteiger partial charge in [-0.25, -0.2) is 4.98 Å². The molecule has 92 valence electrons. The highest BCUT2D eigenvalue weighted by Gasteiger charge is 2.06. The van der Waals surface area contributed by atoms with Crippen molar-refractivity contribution in [2.24, 2.45) is 7.05 Å². The minimum absolute atomic E-state index is 0.799. The van der Waals surface area contributed by atoms with Crippen LogP contribution in [0.25, 0.3) is 5.65 Å². The predicted molar refractivity (Wildman–Crippen MR) is 70.5 cm³/mol. The molecule has 18 heavy (non-hydrogen) atoms. The van der Waals surface area contributed by atoms with Gasteiger partial charge in [0, 0.05) is 24.7 Å². The summed E-state index contributed by atoms with van der Waals surface area (Å²) in [5, 5.41) is 8.81. The summed E-state index contributed by atoms with van der Waals surface area (Å²) < 4.78 is 4.01. The maximum absolute atomic E-state index is 4.59. The van der Waals surface area contributed by atoms with Crippen LogP contribution in [0.2, 0.25) is 0 Å². The topological polar surface area (TPSA) is 48.0 Å². The maximum atomic E-state index is 4.59. The van der Waals surface area contributed by atoms with Gasteiger partial charge in [0.1, 0.15) is 12.0 Å². The summed E-state index contributed by atoms with van der Waals surface area (Å²) in [7, 11) is 1.94. The second-order valence-corrected chi connectivity index (χ2v) is 5.08. The molecule has 0 aliphatic heterocycles. The lowest BCUT2D eigenvalue weighted by atomic mass is 10.4. The third-order valence-electron chi connectivity index (χ3n) is 2.76. The van der Waals surface area contributed by atoms with Crippen molar-refractivity contribution in [1.82, 2.24) is 24.1 Å². The van der Waals surface area contributed by atoms with E-state index in [0.717, 1.165) is 22.3 Å². The Labute approximate surface area is 109 Å². The number of fused-ring (bicyclic) bond motifs is 1. The van der Waals surface area contributed by atoms with Gasteiger partial charge in [-0.3, -0.25) is 0 Å². The fourth-order valence-corrected chi connectivity index (χ4v) is 2.58. The van der Waals surface area contributed by atoms with Crippen molar-refractivity contribution in [1.29, 1.82) is 0 Å². The van der Waals surface area contributed by atoms with Crippen LogP contribution in [0.15, 0.2) is 35.9 Å². The largest absolute Gasteiger partial charge is 0.312 e. The molecule has 6 heteroatoms. The van der Waals surface area contributed by atoms with Crippen LogP contribution in [0, 0.1) is 6.92 Å². The number of thioether (sulfide) groups is 1. The highest BCUT2D eigenvalue weighted by atomic mass is 32.2. The van der Waals surface area contributed by atoms with Crippen LogP contribution in [0.1, 0.15) is 11.4 Å². The van der Waals surface area contributed by atoms with E-state index >= 15 is 0 Å². The Kier molecular flexibility index (Phi) is 2.79. The fraction of sp³-hybridized carbons (Fsp3) is 0.250. The number of nitrogens with zero attached hydrogens (tertiary/aromatic N) is 5. The lowest BCUT2D eigenvalue weighted by molar-refractivity contribution is 0.788. The standard InChI is InChI=1S/C12H13N5S/c1-9-4-3-5-11-14-10(6-17(9)11)7-18-12-15-13-8-16(12)2/h3-6,8H,7H2,1-2H3. The summed E-state index contributed by atoms with van der Waals surface area (Å²) in [6.07, 6.45) is 3.78. The molecule has 0 unspecified atom stereocenters. The van der Waals surface area contributed by atoms with Gasteiger partial charge in [-0.1, -0.05) is 17.8 Å². The molecular weight excluding hydrogens is 246 g/mol. The van der Waals surface area contributed by atoms with Gasteiger partial charge in [-0.15, -0.1) is 10.2 Å². The molecule has 0 aliphatic carbocycles. The van der Waals surface area contributed by atoms with E-state index < -0.39 is 0 Å². The second kappa shape index (κ2) is 4.45. The Morgan fingerprint density at radius 2 is 2.22 bits per heavy atom. The number of rotatable bonds is 3. The first-order valence-corrected chi connectivity index (χ1v) is 6.63. The molecule has 0 radical (unpaired) electrons. The first-order chi connectivity index (χ1) is 8.74. The Morgan fingerprint density at radius 1 is 1.33 bits per heavy atom. The summed E-state index contributed by atoms with van der Waals surface area (Å²) >= 11 is 1.64. The maximum Gasteiger partial charge on any atom is 0.191 e. The van der Waals surface area contributed by atoms with Gasteiger partial charge in [0.25, 0.3) is 0 Å². The van der Waals surface area contributed by atoms with E-state index in [-0.39, 0.29) is 0 Å². The molecule has 5 nitrogen and oxygen atoms in total. The lowest BCUT2D eigenvalue weighted by Gasteiger charge is -1.97. The van der Waals surface area contributed by atoms with Crippen molar-refractivity contribution in [3.05, 3.63) is 42.1 Å². The minimum Gasteiger partial charge on any atom is -0.312 e. The summed E-state index contributed by atoms with van der Waals surface area (Å²) in [5.74, 6) is 0.799. The molecular formula is C12H13N5S. The van der Waals surface area contributed by atoms with Crippen LogP contribution in [0.5, 0.6) is 0 Å². The zero-order valence-corrected chi connectivity index (χ0v) is 11.1. The zero-order valence-electron chi connectivity index (χ0n) is 10.2.